The number of nitrogens with zero attached hydrogens (tertiary/aromatic N) is 2. The molecule has 0 bridgehead atoms. The molecule has 0 aliphatic carbocycles. The van der Waals surface area contributed by atoms with Crippen molar-refractivity contribution in [1.82, 2.24) is 9.21 Å². The predicted molar refractivity (Wildman–Crippen MR) is 122 cm³/mol. The van der Waals surface area contributed by atoms with E-state index in [1.807, 2.05) is 13.1 Å². The Morgan fingerprint density at radius 3 is 2.39 bits per heavy atom. The first-order valence-electron chi connectivity index (χ1n) is 10.6. The molecule has 0 radical (unpaired) electrons. The van der Waals surface area contributed by atoms with Gasteiger partial charge in [-0.25, -0.2) is 8.42 Å². The Morgan fingerprint density at radius 2 is 1.74 bits per heavy atom. The number of sulfonamides is 1. The minimum Gasteiger partial charge on any atom is -0.494 e. The van der Waals surface area contributed by atoms with E-state index in [9.17, 15) is 13.2 Å². The minimum atomic E-state index is -3.53. The highest BCUT2D eigenvalue weighted by Crippen LogP contribution is 2.21. The number of nitrogens with one attached hydrogen (secondary N) is 1. The number of carbonyl (C=O) groups excluding carboxylic acids is 1. The Bertz CT molecular complexity index is 982. The molecule has 0 atom stereocenters. The number of likely N-dealkylation sites (N-methyl/N-ethyl adjacent to an activating group) is 1. The lowest BCUT2D eigenvalue weighted by atomic mass is 10.1. The molecule has 1 fully saturated rings. The topological polar surface area (TPSA) is 78.9 Å². The largest absolute Gasteiger partial charge is 0.494 e. The number of carbonyl (C=O) groups is 1. The maximum Gasteiger partial charge on any atom is 0.255 e. The fourth-order valence-electron chi connectivity index (χ4n) is 3.23. The second kappa shape index (κ2) is 10.3. The van der Waals surface area contributed by atoms with E-state index < -0.39 is 10.0 Å². The molecule has 0 saturated carbocycles. The van der Waals surface area contributed by atoms with Gasteiger partial charge in [0.2, 0.25) is 10.0 Å². The molecule has 0 aromatic heterocycles. The van der Waals surface area contributed by atoms with Crippen molar-refractivity contribution in [3.63, 3.8) is 0 Å². The van der Waals surface area contributed by atoms with Gasteiger partial charge in [0.15, 0.2) is 0 Å². The Labute approximate surface area is 185 Å². The van der Waals surface area contributed by atoms with Crippen LogP contribution in [0.3, 0.4) is 0 Å². The Balaban J connectivity index is 1.62. The molecule has 7 nitrogen and oxygen atoms in total. The maximum absolute atomic E-state index is 12.8. The van der Waals surface area contributed by atoms with E-state index in [4.69, 9.17) is 4.74 Å². The summed E-state index contributed by atoms with van der Waals surface area (Å²) in [6, 6.07) is 13.3. The second-order valence-electron chi connectivity index (χ2n) is 8.24. The summed E-state index contributed by atoms with van der Waals surface area (Å²) >= 11 is 0. The molecule has 2 aromatic rings. The molecule has 2 aromatic carbocycles. The van der Waals surface area contributed by atoms with Gasteiger partial charge in [-0.15, -0.1) is 0 Å². The summed E-state index contributed by atoms with van der Waals surface area (Å²) in [7, 11) is -1.55. The third kappa shape index (κ3) is 6.29. The van der Waals surface area contributed by atoms with Crippen molar-refractivity contribution in [3.8, 4) is 5.75 Å². The third-order valence-electron chi connectivity index (χ3n) is 5.27. The van der Waals surface area contributed by atoms with Gasteiger partial charge < -0.3 is 15.0 Å². The number of amides is 1. The highest BCUT2D eigenvalue weighted by Gasteiger charge is 2.27. The molecular formula is C23H31N3O4S. The standard InChI is InChI=1S/C23H31N3O4S/c1-18(2)11-16-30-21-6-4-5-19(17-21)23(27)24-20-7-9-22(10-8-20)31(28,29)26-14-12-25(3)13-15-26/h4-10,17-18H,11-16H2,1-3H3,(H,24,27). The van der Waals surface area contributed by atoms with Crippen LogP contribution in [0.4, 0.5) is 5.69 Å². The normalized spacial score (nSPS) is 15.7. The molecule has 31 heavy (non-hydrogen) atoms. The highest BCUT2D eigenvalue weighted by atomic mass is 32.2. The van der Waals surface area contributed by atoms with Gasteiger partial charge in [0.05, 0.1) is 11.5 Å². The van der Waals surface area contributed by atoms with Crippen LogP contribution in [0.2, 0.25) is 0 Å². The van der Waals surface area contributed by atoms with Crippen molar-refractivity contribution in [2.24, 2.45) is 5.92 Å². The van der Waals surface area contributed by atoms with Gasteiger partial charge in [-0.05, 0) is 61.9 Å². The van der Waals surface area contributed by atoms with Gasteiger partial charge in [0.25, 0.3) is 5.91 Å². The van der Waals surface area contributed by atoms with Gasteiger partial charge >= 0.3 is 0 Å². The van der Waals surface area contributed by atoms with Crippen molar-refractivity contribution in [1.29, 1.82) is 0 Å². The quantitative estimate of drug-likeness (QED) is 0.675. The zero-order valence-corrected chi connectivity index (χ0v) is 19.2. The molecular weight excluding hydrogens is 414 g/mol. The predicted octanol–water partition coefficient (Wildman–Crippen LogP) is 3.30. The summed E-state index contributed by atoms with van der Waals surface area (Å²) in [5.74, 6) is 0.931. The average Bonchev–Trinajstić information content (AvgIpc) is 2.74. The molecule has 168 valence electrons. The number of hydrogen-bond donors (Lipinski definition) is 1. The van der Waals surface area contributed by atoms with Crippen molar-refractivity contribution >= 4 is 21.6 Å². The van der Waals surface area contributed by atoms with E-state index in [-0.39, 0.29) is 10.8 Å². The first kappa shape index (κ1) is 23.2. The first-order chi connectivity index (χ1) is 14.8. The fourth-order valence-corrected chi connectivity index (χ4v) is 4.65. The van der Waals surface area contributed by atoms with Crippen LogP contribution in [-0.2, 0) is 10.0 Å². The van der Waals surface area contributed by atoms with Crippen molar-refractivity contribution in [2.75, 3.05) is 45.2 Å². The Morgan fingerprint density at radius 1 is 1.06 bits per heavy atom. The van der Waals surface area contributed by atoms with E-state index in [1.165, 1.54) is 16.4 Å². The van der Waals surface area contributed by atoms with Gasteiger partial charge in [0.1, 0.15) is 5.75 Å². The molecule has 1 amide bonds. The maximum atomic E-state index is 12.8. The van der Waals surface area contributed by atoms with E-state index >= 15 is 0 Å². The molecule has 3 rings (SSSR count). The number of benzene rings is 2. The lowest BCUT2D eigenvalue weighted by Gasteiger charge is -2.31. The zero-order valence-electron chi connectivity index (χ0n) is 18.4. The summed E-state index contributed by atoms with van der Waals surface area (Å²) in [6.45, 7) is 7.26. The van der Waals surface area contributed by atoms with Crippen LogP contribution in [0.25, 0.3) is 0 Å². The molecule has 1 heterocycles. The van der Waals surface area contributed by atoms with Crippen LogP contribution in [0.15, 0.2) is 53.4 Å². The monoisotopic (exact) mass is 445 g/mol. The van der Waals surface area contributed by atoms with Crippen LogP contribution in [0.1, 0.15) is 30.6 Å². The molecule has 1 aliphatic rings. The summed E-state index contributed by atoms with van der Waals surface area (Å²) in [4.78, 5) is 14.9. The van der Waals surface area contributed by atoms with Crippen molar-refractivity contribution in [3.05, 3.63) is 54.1 Å². The van der Waals surface area contributed by atoms with Crippen LogP contribution in [0.5, 0.6) is 5.75 Å². The number of rotatable bonds is 8. The second-order valence-corrected chi connectivity index (χ2v) is 10.2. The van der Waals surface area contributed by atoms with E-state index in [0.29, 0.717) is 55.7 Å². The summed E-state index contributed by atoms with van der Waals surface area (Å²) in [5, 5.41) is 2.81. The van der Waals surface area contributed by atoms with Crippen LogP contribution >= 0.6 is 0 Å². The van der Waals surface area contributed by atoms with Crippen LogP contribution < -0.4 is 10.1 Å². The summed E-state index contributed by atoms with van der Waals surface area (Å²) in [6.07, 6.45) is 0.944. The van der Waals surface area contributed by atoms with Gasteiger partial charge in [-0.1, -0.05) is 19.9 Å². The third-order valence-corrected chi connectivity index (χ3v) is 7.19. The summed E-state index contributed by atoms with van der Waals surface area (Å²) in [5.41, 5.74) is 1.02. The lowest BCUT2D eigenvalue weighted by molar-refractivity contribution is 0.102. The van der Waals surface area contributed by atoms with Crippen LogP contribution in [0, 0.1) is 5.92 Å². The SMILES string of the molecule is CC(C)CCOc1cccc(C(=O)Nc2ccc(S(=O)(=O)N3CCN(C)CC3)cc2)c1. The average molecular weight is 446 g/mol. The minimum absolute atomic E-state index is 0.232. The molecule has 1 N–H and O–H groups in total. The van der Waals surface area contributed by atoms with Gasteiger partial charge in [-0.2, -0.15) is 4.31 Å². The summed E-state index contributed by atoms with van der Waals surface area (Å²) < 4.78 is 32.9. The zero-order chi connectivity index (χ0) is 22.4. The van der Waals surface area contributed by atoms with Crippen molar-refractivity contribution < 1.29 is 17.9 Å². The van der Waals surface area contributed by atoms with E-state index in [2.05, 4.69) is 24.1 Å². The first-order valence-corrected chi connectivity index (χ1v) is 12.0. The number of piperazine rings is 1. The van der Waals surface area contributed by atoms with Gasteiger partial charge in [0, 0.05) is 37.4 Å². The van der Waals surface area contributed by atoms with E-state index in [1.54, 1.807) is 30.3 Å². The molecule has 0 unspecified atom stereocenters. The number of ether oxygens (including phenoxy) is 1. The number of anilines is 1. The van der Waals surface area contributed by atoms with Crippen LogP contribution in [-0.4, -0.2) is 63.4 Å². The number of hydrogen-bond acceptors (Lipinski definition) is 5. The molecule has 0 spiro atoms. The van der Waals surface area contributed by atoms with E-state index in [0.717, 1.165) is 6.42 Å². The Hall–Kier alpha value is -2.42. The van der Waals surface area contributed by atoms with Gasteiger partial charge in [-0.3, -0.25) is 4.79 Å². The molecule has 1 saturated heterocycles. The fraction of sp³-hybridized carbons (Fsp3) is 0.435. The van der Waals surface area contributed by atoms with Crippen molar-refractivity contribution in [2.45, 2.75) is 25.2 Å². The lowest BCUT2D eigenvalue weighted by Crippen LogP contribution is -2.46. The molecule has 1 aliphatic heterocycles. The molecule has 8 heteroatoms. The Kier molecular flexibility index (Phi) is 7.69. The smallest absolute Gasteiger partial charge is 0.255 e. The highest BCUT2D eigenvalue weighted by molar-refractivity contribution is 7.89.